The molecule has 0 aliphatic carbocycles. The molecule has 12 heteroatoms. The number of rotatable bonds is 5. The van der Waals surface area contributed by atoms with E-state index in [1.807, 2.05) is 12.1 Å². The second-order valence-electron chi connectivity index (χ2n) is 8.01. The van der Waals surface area contributed by atoms with E-state index in [9.17, 15) is 27.9 Å². The van der Waals surface area contributed by atoms with Crippen molar-refractivity contribution in [1.29, 1.82) is 0 Å². The first kappa shape index (κ1) is 26.1. The summed E-state index contributed by atoms with van der Waals surface area (Å²) in [5, 5.41) is 20.0. The number of fused-ring (bicyclic) bond motifs is 1. The Hall–Kier alpha value is -3.15. The monoisotopic (exact) mass is 472 g/mol. The molecule has 182 valence electrons. The fraction of sp³-hybridized carbons (Fsp3) is 0.524. The van der Waals surface area contributed by atoms with Gasteiger partial charge in [0.1, 0.15) is 0 Å². The van der Waals surface area contributed by atoms with Crippen molar-refractivity contribution in [3.8, 4) is 0 Å². The maximum Gasteiger partial charge on any atom is 0.490 e. The number of carboxylic acids is 2. The van der Waals surface area contributed by atoms with Gasteiger partial charge < -0.3 is 20.4 Å². The van der Waals surface area contributed by atoms with Gasteiger partial charge in [-0.1, -0.05) is 12.1 Å². The number of likely N-dealkylation sites (tertiary alicyclic amines) is 2. The number of amides is 2. The zero-order valence-electron chi connectivity index (χ0n) is 17.9. The third-order valence-corrected chi connectivity index (χ3v) is 5.77. The van der Waals surface area contributed by atoms with E-state index in [0.29, 0.717) is 52.1 Å². The molecule has 0 radical (unpaired) electrons. The number of hydrogen-bond donors (Lipinski definition) is 3. The number of hydrogen-bond acceptors (Lipinski definition) is 5. The van der Waals surface area contributed by atoms with Crippen molar-refractivity contribution in [2.45, 2.75) is 25.6 Å². The largest absolute Gasteiger partial charge is 0.490 e. The molecule has 2 fully saturated rings. The van der Waals surface area contributed by atoms with Crippen molar-refractivity contribution in [3.63, 3.8) is 0 Å². The van der Waals surface area contributed by atoms with Gasteiger partial charge in [0, 0.05) is 57.6 Å². The molecule has 0 spiro atoms. The topological polar surface area (TPSA) is 123 Å². The minimum Gasteiger partial charge on any atom is -0.481 e. The number of carbonyl (C=O) groups excluding carboxylic acids is 1. The lowest BCUT2D eigenvalue weighted by Gasteiger charge is -2.29. The lowest BCUT2D eigenvalue weighted by atomic mass is 9.75. The van der Waals surface area contributed by atoms with E-state index in [1.165, 1.54) is 0 Å². The van der Waals surface area contributed by atoms with Gasteiger partial charge in [-0.05, 0) is 24.5 Å². The zero-order chi connectivity index (χ0) is 24.6. The highest BCUT2D eigenvalue weighted by Crippen LogP contribution is 2.42. The van der Waals surface area contributed by atoms with Gasteiger partial charge >= 0.3 is 24.1 Å². The van der Waals surface area contributed by atoms with Gasteiger partial charge in [0.2, 0.25) is 0 Å². The molecule has 1 aromatic rings. The zero-order valence-corrected chi connectivity index (χ0v) is 17.9. The Morgan fingerprint density at radius 1 is 1.30 bits per heavy atom. The number of alkyl halides is 3. The average Bonchev–Trinajstić information content (AvgIpc) is 2.99. The first-order chi connectivity index (χ1) is 15.5. The number of halogens is 3. The maximum atomic E-state index is 12.6. The SMILES string of the molecule is C=CCN1C[C@@H]2CN(C(=O)NCc3cccnc3)CCC[C@]2(C(=O)O)C1.O=C(O)C(F)(F)F. The van der Waals surface area contributed by atoms with E-state index in [-0.39, 0.29) is 11.9 Å². The summed E-state index contributed by atoms with van der Waals surface area (Å²) < 4.78 is 31.7. The Morgan fingerprint density at radius 3 is 2.55 bits per heavy atom. The third kappa shape index (κ3) is 6.91. The van der Waals surface area contributed by atoms with E-state index >= 15 is 0 Å². The standard InChI is InChI=1S/C19H26N4O3.C2HF3O2/c1-2-8-22-12-16-13-23(9-4-6-19(16,14-22)17(24)25)18(26)21-11-15-5-3-7-20-10-15;3-2(4,5)1(6)7/h2-3,5,7,10,16H,1,4,6,8-9,11-14H2,(H,21,26)(H,24,25);(H,6,7)/t16-,19+;/m1./s1. The fourth-order valence-electron chi connectivity index (χ4n) is 4.18. The molecular weight excluding hydrogens is 445 g/mol. The lowest BCUT2D eigenvalue weighted by molar-refractivity contribution is -0.192. The van der Waals surface area contributed by atoms with Crippen LogP contribution in [0.2, 0.25) is 0 Å². The van der Waals surface area contributed by atoms with E-state index in [2.05, 4.69) is 21.8 Å². The minimum absolute atomic E-state index is 0.0633. The van der Waals surface area contributed by atoms with Gasteiger partial charge in [-0.15, -0.1) is 6.58 Å². The van der Waals surface area contributed by atoms with Gasteiger partial charge in [-0.3, -0.25) is 14.7 Å². The van der Waals surface area contributed by atoms with Crippen LogP contribution in [-0.4, -0.2) is 81.9 Å². The van der Waals surface area contributed by atoms with E-state index < -0.39 is 23.5 Å². The molecule has 0 bridgehead atoms. The minimum atomic E-state index is -5.08. The molecule has 9 nitrogen and oxygen atoms in total. The second-order valence-corrected chi connectivity index (χ2v) is 8.01. The van der Waals surface area contributed by atoms with Crippen LogP contribution in [0, 0.1) is 11.3 Å². The van der Waals surface area contributed by atoms with Crippen molar-refractivity contribution in [1.82, 2.24) is 20.1 Å². The van der Waals surface area contributed by atoms with Crippen molar-refractivity contribution >= 4 is 18.0 Å². The van der Waals surface area contributed by atoms with Crippen LogP contribution in [0.15, 0.2) is 37.2 Å². The summed E-state index contributed by atoms with van der Waals surface area (Å²) in [5.74, 6) is -3.56. The Bertz CT molecular complexity index is 852. The van der Waals surface area contributed by atoms with Crippen molar-refractivity contribution < 1.29 is 37.8 Å². The first-order valence-corrected chi connectivity index (χ1v) is 10.3. The van der Waals surface area contributed by atoms with E-state index in [1.54, 1.807) is 23.4 Å². The summed E-state index contributed by atoms with van der Waals surface area (Å²) in [6.45, 7) is 7.13. The number of nitrogens with zero attached hydrogens (tertiary/aromatic N) is 3. The van der Waals surface area contributed by atoms with Crippen molar-refractivity contribution in [2.75, 3.05) is 32.7 Å². The Labute approximate surface area is 188 Å². The smallest absolute Gasteiger partial charge is 0.481 e. The lowest BCUT2D eigenvalue weighted by Crippen LogP contribution is -2.45. The quantitative estimate of drug-likeness (QED) is 0.562. The van der Waals surface area contributed by atoms with Gasteiger partial charge in [0.05, 0.1) is 5.41 Å². The first-order valence-electron chi connectivity index (χ1n) is 10.3. The Kier molecular flexibility index (Phi) is 8.80. The Balaban J connectivity index is 0.000000479. The summed E-state index contributed by atoms with van der Waals surface area (Å²) in [5.41, 5.74) is 0.176. The van der Waals surface area contributed by atoms with Gasteiger partial charge in [-0.2, -0.15) is 13.2 Å². The molecule has 2 saturated heterocycles. The summed E-state index contributed by atoms with van der Waals surface area (Å²) >= 11 is 0. The molecule has 0 saturated carbocycles. The summed E-state index contributed by atoms with van der Waals surface area (Å²) in [6, 6.07) is 3.61. The molecule has 2 aliphatic heterocycles. The fourth-order valence-corrected chi connectivity index (χ4v) is 4.18. The maximum absolute atomic E-state index is 12.6. The molecule has 0 unspecified atom stereocenters. The van der Waals surface area contributed by atoms with Crippen LogP contribution in [0.25, 0.3) is 0 Å². The molecule has 0 aromatic carbocycles. The number of aliphatic carboxylic acids is 2. The normalized spacial score (nSPS) is 22.9. The van der Waals surface area contributed by atoms with Crippen LogP contribution in [0.4, 0.5) is 18.0 Å². The molecule has 33 heavy (non-hydrogen) atoms. The summed E-state index contributed by atoms with van der Waals surface area (Å²) in [7, 11) is 0. The van der Waals surface area contributed by atoms with Gasteiger partial charge in [0.15, 0.2) is 0 Å². The molecule has 2 aliphatic rings. The summed E-state index contributed by atoms with van der Waals surface area (Å²) in [4.78, 5) is 41.5. The van der Waals surface area contributed by atoms with Gasteiger partial charge in [0.25, 0.3) is 0 Å². The molecular formula is C21H27F3N4O5. The van der Waals surface area contributed by atoms with Gasteiger partial charge in [-0.25, -0.2) is 9.59 Å². The second kappa shape index (κ2) is 11.1. The molecule has 3 N–H and O–H groups in total. The number of carbonyl (C=O) groups is 3. The van der Waals surface area contributed by atoms with Crippen LogP contribution in [0.5, 0.6) is 0 Å². The van der Waals surface area contributed by atoms with Crippen LogP contribution in [0.3, 0.4) is 0 Å². The van der Waals surface area contributed by atoms with Crippen molar-refractivity contribution in [2.24, 2.45) is 11.3 Å². The molecule has 1 aromatic heterocycles. The van der Waals surface area contributed by atoms with Crippen LogP contribution in [-0.2, 0) is 16.1 Å². The molecule has 2 atom stereocenters. The Morgan fingerprint density at radius 2 is 2.00 bits per heavy atom. The molecule has 3 heterocycles. The number of pyridine rings is 1. The number of nitrogens with one attached hydrogen (secondary N) is 1. The predicted molar refractivity (Wildman–Crippen MR) is 111 cm³/mol. The highest BCUT2D eigenvalue weighted by molar-refractivity contribution is 5.77. The van der Waals surface area contributed by atoms with Crippen molar-refractivity contribution in [3.05, 3.63) is 42.7 Å². The van der Waals surface area contributed by atoms with E-state index in [0.717, 1.165) is 5.56 Å². The molecule has 3 rings (SSSR count). The third-order valence-electron chi connectivity index (χ3n) is 5.77. The average molecular weight is 472 g/mol. The summed E-state index contributed by atoms with van der Waals surface area (Å²) in [6.07, 6.45) is 1.44. The highest BCUT2D eigenvalue weighted by atomic mass is 19.4. The molecule has 2 amide bonds. The highest BCUT2D eigenvalue weighted by Gasteiger charge is 2.53. The van der Waals surface area contributed by atoms with Crippen LogP contribution >= 0.6 is 0 Å². The van der Waals surface area contributed by atoms with Crippen LogP contribution in [0.1, 0.15) is 18.4 Å². The number of carboxylic acid groups (broad SMARTS) is 2. The van der Waals surface area contributed by atoms with E-state index in [4.69, 9.17) is 9.90 Å². The van der Waals surface area contributed by atoms with Crippen LogP contribution < -0.4 is 5.32 Å². The predicted octanol–water partition coefficient (Wildman–Crippen LogP) is 2.21. The number of aromatic nitrogens is 1. The number of urea groups is 1.